The van der Waals surface area contributed by atoms with Gasteiger partial charge in [-0.05, 0) is 49.2 Å². The summed E-state index contributed by atoms with van der Waals surface area (Å²) in [6.07, 6.45) is 2.93. The first kappa shape index (κ1) is 18.8. The Morgan fingerprint density at radius 1 is 1.07 bits per heavy atom. The number of nitrogens with zero attached hydrogens (tertiary/aromatic N) is 5. The molecule has 0 bridgehead atoms. The van der Waals surface area contributed by atoms with Gasteiger partial charge in [-0.15, -0.1) is 0 Å². The Morgan fingerprint density at radius 2 is 1.82 bits per heavy atom. The third kappa shape index (κ3) is 3.86. The summed E-state index contributed by atoms with van der Waals surface area (Å²) in [6.45, 7) is 8.22. The number of hydrogen-bond donors (Lipinski definition) is 1. The molecule has 148 valence electrons. The molecule has 1 atom stereocenters. The van der Waals surface area contributed by atoms with Gasteiger partial charge in [-0.1, -0.05) is 0 Å². The summed E-state index contributed by atoms with van der Waals surface area (Å²) in [5.41, 5.74) is 4.46. The van der Waals surface area contributed by atoms with Crippen LogP contribution in [0.15, 0.2) is 36.8 Å². The molecule has 0 spiro atoms. The van der Waals surface area contributed by atoms with Crippen molar-refractivity contribution in [2.75, 3.05) is 37.6 Å². The van der Waals surface area contributed by atoms with Crippen LogP contribution >= 0.6 is 0 Å². The minimum atomic E-state index is -0.489. The van der Waals surface area contributed by atoms with E-state index in [0.717, 1.165) is 24.1 Å². The molecule has 6 nitrogen and oxygen atoms in total. The molecule has 1 fully saturated rings. The number of fused-ring (bicyclic) bond motifs is 1. The summed E-state index contributed by atoms with van der Waals surface area (Å²) in [5, 5.41) is 10.6. The van der Waals surface area contributed by atoms with E-state index in [1.807, 2.05) is 9.47 Å². The van der Waals surface area contributed by atoms with Crippen molar-refractivity contribution in [3.63, 3.8) is 0 Å². The van der Waals surface area contributed by atoms with Gasteiger partial charge in [0.25, 0.3) is 0 Å². The molecule has 0 radical (unpaired) electrons. The molecule has 7 heteroatoms. The topological polar surface area (TPSA) is 57.4 Å². The molecule has 0 aliphatic carbocycles. The Balaban J connectivity index is 1.35. The van der Waals surface area contributed by atoms with Gasteiger partial charge in [0.2, 0.25) is 0 Å². The molecule has 0 saturated carbocycles. The minimum Gasteiger partial charge on any atom is -0.390 e. The predicted molar refractivity (Wildman–Crippen MR) is 108 cm³/mol. The lowest BCUT2D eigenvalue weighted by Crippen LogP contribution is -2.49. The van der Waals surface area contributed by atoms with Crippen molar-refractivity contribution in [2.45, 2.75) is 26.5 Å². The number of benzene rings is 1. The first-order valence-electron chi connectivity index (χ1n) is 9.69. The molecule has 0 amide bonds. The second-order valence-corrected chi connectivity index (χ2v) is 7.57. The molecular formula is C21H26FN5O. The van der Waals surface area contributed by atoms with E-state index < -0.39 is 6.10 Å². The Bertz CT molecular complexity index is 965. The fourth-order valence-corrected chi connectivity index (χ4v) is 3.79. The van der Waals surface area contributed by atoms with Crippen molar-refractivity contribution >= 4 is 16.9 Å². The maximum absolute atomic E-state index is 13.9. The molecule has 3 heterocycles. The van der Waals surface area contributed by atoms with E-state index in [4.69, 9.17) is 0 Å². The highest BCUT2D eigenvalue weighted by Crippen LogP contribution is 2.20. The molecule has 3 aromatic rings. The van der Waals surface area contributed by atoms with Crippen molar-refractivity contribution in [3.8, 4) is 0 Å². The van der Waals surface area contributed by atoms with Gasteiger partial charge in [-0.2, -0.15) is 0 Å². The Hall–Kier alpha value is -2.51. The molecule has 1 aliphatic rings. The molecule has 1 saturated heterocycles. The van der Waals surface area contributed by atoms with Gasteiger partial charge >= 0.3 is 0 Å². The molecular weight excluding hydrogens is 357 g/mol. The molecule has 0 unspecified atom stereocenters. The number of pyridine rings is 1. The minimum absolute atomic E-state index is 0.284. The summed E-state index contributed by atoms with van der Waals surface area (Å²) in [5.74, 6) is 0.131. The average Bonchev–Trinajstić information content (AvgIpc) is 3.05. The number of hydrogen-bond acceptors (Lipinski definition) is 5. The molecule has 28 heavy (non-hydrogen) atoms. The normalized spacial score (nSPS) is 16.6. The number of anilines is 1. The molecule has 2 aromatic heterocycles. The smallest absolute Gasteiger partial charge is 0.165 e. The number of aliphatic hydroxyl groups excluding tert-OH is 1. The number of aliphatic hydroxyl groups is 1. The fraction of sp³-hybridized carbons (Fsp3) is 0.429. The van der Waals surface area contributed by atoms with E-state index in [2.05, 4.69) is 40.8 Å². The second kappa shape index (κ2) is 7.85. The van der Waals surface area contributed by atoms with Gasteiger partial charge in [0.1, 0.15) is 0 Å². The van der Waals surface area contributed by atoms with Gasteiger partial charge in [0, 0.05) is 38.9 Å². The highest BCUT2D eigenvalue weighted by Gasteiger charge is 2.22. The van der Waals surface area contributed by atoms with Crippen molar-refractivity contribution in [2.24, 2.45) is 0 Å². The van der Waals surface area contributed by atoms with Crippen LogP contribution in [-0.2, 0) is 6.54 Å². The van der Waals surface area contributed by atoms with Crippen LogP contribution in [0.5, 0.6) is 0 Å². The standard InChI is InChI=1S/C21H26FN5O/c1-15-10-19-20(11-16(15)2)27(14-24-19)13-17(28)12-25-6-8-26(9-7-25)21-18(22)4-3-5-23-21/h3-5,10-11,14,17,28H,6-9,12-13H2,1-2H3/t17-/m1/s1. The van der Waals surface area contributed by atoms with Crippen LogP contribution in [0.25, 0.3) is 11.0 Å². The number of aryl methyl sites for hydroxylation is 2. The first-order chi connectivity index (χ1) is 13.5. The number of imidazole rings is 1. The highest BCUT2D eigenvalue weighted by molar-refractivity contribution is 5.77. The summed E-state index contributed by atoms with van der Waals surface area (Å²) >= 11 is 0. The van der Waals surface area contributed by atoms with Crippen LogP contribution in [0.3, 0.4) is 0 Å². The zero-order chi connectivity index (χ0) is 19.7. The van der Waals surface area contributed by atoms with Crippen molar-refractivity contribution in [1.29, 1.82) is 0 Å². The summed E-state index contributed by atoms with van der Waals surface area (Å²) in [7, 11) is 0. The third-order valence-corrected chi connectivity index (χ3v) is 5.52. The van der Waals surface area contributed by atoms with Gasteiger partial charge < -0.3 is 14.6 Å². The lowest BCUT2D eigenvalue weighted by Gasteiger charge is -2.36. The lowest BCUT2D eigenvalue weighted by atomic mass is 10.1. The van der Waals surface area contributed by atoms with Gasteiger partial charge in [-0.3, -0.25) is 4.90 Å². The number of piperazine rings is 1. The lowest BCUT2D eigenvalue weighted by molar-refractivity contribution is 0.0957. The molecule has 1 N–H and O–H groups in total. The summed E-state index contributed by atoms with van der Waals surface area (Å²) in [6, 6.07) is 7.26. The molecule has 4 rings (SSSR count). The number of aromatic nitrogens is 3. The van der Waals surface area contributed by atoms with E-state index in [1.54, 1.807) is 18.6 Å². The quantitative estimate of drug-likeness (QED) is 0.733. The molecule has 1 aromatic carbocycles. The fourth-order valence-electron chi connectivity index (χ4n) is 3.79. The summed E-state index contributed by atoms with van der Waals surface area (Å²) in [4.78, 5) is 12.8. The zero-order valence-electron chi connectivity index (χ0n) is 16.3. The molecule has 1 aliphatic heterocycles. The highest BCUT2D eigenvalue weighted by atomic mass is 19.1. The SMILES string of the molecule is Cc1cc2ncn(C[C@H](O)CN3CCN(c4ncccc4F)CC3)c2cc1C. The second-order valence-electron chi connectivity index (χ2n) is 7.57. The first-order valence-corrected chi connectivity index (χ1v) is 9.69. The monoisotopic (exact) mass is 383 g/mol. The van der Waals surface area contributed by atoms with E-state index in [9.17, 15) is 9.50 Å². The Labute approximate surface area is 164 Å². The number of halogens is 1. The van der Waals surface area contributed by atoms with E-state index in [1.165, 1.54) is 17.2 Å². The van der Waals surface area contributed by atoms with Crippen LogP contribution in [0.4, 0.5) is 10.2 Å². The third-order valence-electron chi connectivity index (χ3n) is 5.52. The Kier molecular flexibility index (Phi) is 5.28. The van der Waals surface area contributed by atoms with Gasteiger partial charge in [-0.25, -0.2) is 14.4 Å². The maximum atomic E-state index is 13.9. The van der Waals surface area contributed by atoms with Crippen molar-refractivity contribution in [1.82, 2.24) is 19.4 Å². The van der Waals surface area contributed by atoms with E-state index >= 15 is 0 Å². The van der Waals surface area contributed by atoms with Gasteiger partial charge in [0.05, 0.1) is 30.0 Å². The Morgan fingerprint density at radius 3 is 2.57 bits per heavy atom. The average molecular weight is 383 g/mol. The van der Waals surface area contributed by atoms with E-state index in [-0.39, 0.29) is 5.82 Å². The van der Waals surface area contributed by atoms with Crippen LogP contribution in [-0.4, -0.2) is 63.4 Å². The van der Waals surface area contributed by atoms with Crippen LogP contribution in [0, 0.1) is 19.7 Å². The van der Waals surface area contributed by atoms with Crippen LogP contribution < -0.4 is 4.90 Å². The van der Waals surface area contributed by atoms with Gasteiger partial charge in [0.15, 0.2) is 11.6 Å². The van der Waals surface area contributed by atoms with Crippen molar-refractivity contribution < 1.29 is 9.50 Å². The van der Waals surface area contributed by atoms with Crippen LogP contribution in [0.2, 0.25) is 0 Å². The zero-order valence-corrected chi connectivity index (χ0v) is 16.3. The number of β-amino-alcohol motifs (C(OH)–C–C–N with tert-alkyl or cyclic N) is 1. The van der Waals surface area contributed by atoms with E-state index in [0.29, 0.717) is 32.0 Å². The summed E-state index contributed by atoms with van der Waals surface area (Å²) < 4.78 is 15.9. The predicted octanol–water partition coefficient (Wildman–Crippen LogP) is 2.37. The maximum Gasteiger partial charge on any atom is 0.165 e. The van der Waals surface area contributed by atoms with Crippen molar-refractivity contribution in [3.05, 3.63) is 53.7 Å². The largest absolute Gasteiger partial charge is 0.390 e. The number of rotatable bonds is 5. The van der Waals surface area contributed by atoms with Crippen LogP contribution in [0.1, 0.15) is 11.1 Å².